The fraction of sp³-hybridized carbons (Fsp3) is 0.353. The number of aromatic nitrogens is 4. The summed E-state index contributed by atoms with van der Waals surface area (Å²) < 4.78 is 1.81. The number of anilines is 2. The molecule has 124 valence electrons. The van der Waals surface area contributed by atoms with E-state index in [-0.39, 0.29) is 11.6 Å². The molecule has 0 aliphatic carbocycles. The Kier molecular flexibility index (Phi) is 3.68. The Morgan fingerprint density at radius 3 is 3.04 bits per heavy atom. The number of aryl methyl sites for hydroxylation is 1. The van der Waals surface area contributed by atoms with E-state index in [0.29, 0.717) is 16.9 Å². The van der Waals surface area contributed by atoms with E-state index >= 15 is 0 Å². The second-order valence-corrected chi connectivity index (χ2v) is 6.23. The van der Waals surface area contributed by atoms with Crippen molar-refractivity contribution < 1.29 is 0 Å². The molecule has 0 amide bonds. The van der Waals surface area contributed by atoms with Crippen LogP contribution < -0.4 is 15.8 Å². The molecule has 2 N–H and O–H groups in total. The Bertz CT molecular complexity index is 915. The van der Waals surface area contributed by atoms with E-state index in [0.717, 1.165) is 31.6 Å². The molecule has 1 fully saturated rings. The number of piperidine rings is 1. The molecule has 1 saturated heterocycles. The van der Waals surface area contributed by atoms with Gasteiger partial charge in [0.05, 0.1) is 22.8 Å². The summed E-state index contributed by atoms with van der Waals surface area (Å²) in [5.41, 5.74) is 1.73. The number of benzene rings is 1. The molecule has 1 aliphatic rings. The van der Waals surface area contributed by atoms with Crippen LogP contribution in [0.15, 0.2) is 41.5 Å². The molecular weight excluding hydrogens is 304 g/mol. The van der Waals surface area contributed by atoms with E-state index in [2.05, 4.69) is 25.3 Å². The molecule has 0 radical (unpaired) electrons. The largest absolute Gasteiger partial charge is 0.367 e. The van der Waals surface area contributed by atoms with Crippen LogP contribution in [0.1, 0.15) is 12.8 Å². The van der Waals surface area contributed by atoms with Crippen molar-refractivity contribution in [2.45, 2.75) is 18.9 Å². The third-order valence-corrected chi connectivity index (χ3v) is 4.43. The molecule has 7 heteroatoms. The number of para-hydroxylation sites is 1. The van der Waals surface area contributed by atoms with Gasteiger partial charge in [-0.1, -0.05) is 12.1 Å². The summed E-state index contributed by atoms with van der Waals surface area (Å²) in [5.74, 6) is 0.539. The van der Waals surface area contributed by atoms with Gasteiger partial charge in [0.1, 0.15) is 0 Å². The first-order chi connectivity index (χ1) is 11.7. The SMILES string of the molecule is Cn1cc(N2CCCC(Nc3nc4ccccc4c(=O)[nH]3)C2)cn1. The lowest BCUT2D eigenvalue weighted by molar-refractivity contribution is 0.527. The highest BCUT2D eigenvalue weighted by Crippen LogP contribution is 2.20. The molecule has 2 aromatic heterocycles. The molecule has 3 aromatic rings. The van der Waals surface area contributed by atoms with Gasteiger partial charge in [0.25, 0.3) is 5.56 Å². The number of hydrogen-bond acceptors (Lipinski definition) is 5. The minimum Gasteiger partial charge on any atom is -0.367 e. The first-order valence-corrected chi connectivity index (χ1v) is 8.18. The summed E-state index contributed by atoms with van der Waals surface area (Å²) in [7, 11) is 1.92. The molecule has 1 atom stereocenters. The summed E-state index contributed by atoms with van der Waals surface area (Å²) in [6.07, 6.45) is 6.05. The Balaban J connectivity index is 1.53. The van der Waals surface area contributed by atoms with Gasteiger partial charge in [0, 0.05) is 32.4 Å². The van der Waals surface area contributed by atoms with Gasteiger partial charge in [-0.25, -0.2) is 4.98 Å². The summed E-state index contributed by atoms with van der Waals surface area (Å²) in [4.78, 5) is 21.9. The molecule has 24 heavy (non-hydrogen) atoms. The predicted octanol–water partition coefficient (Wildman–Crippen LogP) is 1.74. The van der Waals surface area contributed by atoms with Crippen LogP contribution in [-0.4, -0.2) is 38.9 Å². The van der Waals surface area contributed by atoms with Crippen molar-refractivity contribution in [3.05, 3.63) is 47.0 Å². The highest BCUT2D eigenvalue weighted by Gasteiger charge is 2.21. The van der Waals surface area contributed by atoms with Crippen LogP contribution in [0, 0.1) is 0 Å². The summed E-state index contributed by atoms with van der Waals surface area (Å²) in [5, 5.41) is 8.24. The van der Waals surface area contributed by atoms with Gasteiger partial charge in [-0.3, -0.25) is 14.5 Å². The van der Waals surface area contributed by atoms with E-state index < -0.39 is 0 Å². The first-order valence-electron chi connectivity index (χ1n) is 8.18. The van der Waals surface area contributed by atoms with Crippen molar-refractivity contribution >= 4 is 22.5 Å². The molecule has 1 unspecified atom stereocenters. The highest BCUT2D eigenvalue weighted by molar-refractivity contribution is 5.78. The molecule has 7 nitrogen and oxygen atoms in total. The van der Waals surface area contributed by atoms with Crippen LogP contribution in [0.2, 0.25) is 0 Å². The number of H-pyrrole nitrogens is 1. The van der Waals surface area contributed by atoms with Crippen molar-refractivity contribution in [3.63, 3.8) is 0 Å². The van der Waals surface area contributed by atoms with Crippen LogP contribution in [-0.2, 0) is 7.05 Å². The molecule has 1 aliphatic heterocycles. The Morgan fingerprint density at radius 2 is 2.21 bits per heavy atom. The van der Waals surface area contributed by atoms with E-state index in [1.807, 2.05) is 42.3 Å². The van der Waals surface area contributed by atoms with Gasteiger partial charge in [-0.15, -0.1) is 0 Å². The zero-order valence-electron chi connectivity index (χ0n) is 13.6. The Morgan fingerprint density at radius 1 is 1.33 bits per heavy atom. The van der Waals surface area contributed by atoms with Crippen molar-refractivity contribution in [3.8, 4) is 0 Å². The van der Waals surface area contributed by atoms with E-state index in [1.165, 1.54) is 0 Å². The molecule has 0 spiro atoms. The van der Waals surface area contributed by atoms with Gasteiger partial charge in [-0.2, -0.15) is 5.10 Å². The second kappa shape index (κ2) is 5.99. The first kappa shape index (κ1) is 14.7. The molecular formula is C17H20N6O. The summed E-state index contributed by atoms with van der Waals surface area (Å²) >= 11 is 0. The van der Waals surface area contributed by atoms with Crippen molar-refractivity contribution in [2.24, 2.45) is 7.05 Å². The van der Waals surface area contributed by atoms with Gasteiger partial charge in [0.15, 0.2) is 0 Å². The van der Waals surface area contributed by atoms with E-state index in [4.69, 9.17) is 0 Å². The summed E-state index contributed by atoms with van der Waals surface area (Å²) in [6.45, 7) is 1.88. The van der Waals surface area contributed by atoms with Crippen LogP contribution in [0.5, 0.6) is 0 Å². The number of fused-ring (bicyclic) bond motifs is 1. The van der Waals surface area contributed by atoms with Crippen molar-refractivity contribution in [2.75, 3.05) is 23.3 Å². The molecule has 4 rings (SSSR count). The lowest BCUT2D eigenvalue weighted by atomic mass is 10.1. The number of aromatic amines is 1. The van der Waals surface area contributed by atoms with E-state index in [1.54, 1.807) is 6.07 Å². The van der Waals surface area contributed by atoms with Crippen LogP contribution in [0.3, 0.4) is 0 Å². The Hall–Kier alpha value is -2.83. The fourth-order valence-corrected chi connectivity index (χ4v) is 3.25. The Labute approximate surface area is 139 Å². The maximum absolute atomic E-state index is 12.2. The average molecular weight is 324 g/mol. The third-order valence-electron chi connectivity index (χ3n) is 4.43. The zero-order chi connectivity index (χ0) is 16.5. The fourth-order valence-electron chi connectivity index (χ4n) is 3.25. The van der Waals surface area contributed by atoms with Crippen LogP contribution in [0.25, 0.3) is 10.9 Å². The lowest BCUT2D eigenvalue weighted by Gasteiger charge is -2.33. The number of nitrogens with zero attached hydrogens (tertiary/aromatic N) is 4. The van der Waals surface area contributed by atoms with E-state index in [9.17, 15) is 4.79 Å². The second-order valence-electron chi connectivity index (χ2n) is 6.23. The zero-order valence-corrected chi connectivity index (χ0v) is 13.6. The minimum absolute atomic E-state index is 0.108. The monoisotopic (exact) mass is 324 g/mol. The molecule has 0 saturated carbocycles. The maximum Gasteiger partial charge on any atom is 0.260 e. The quantitative estimate of drug-likeness (QED) is 0.767. The van der Waals surface area contributed by atoms with Crippen LogP contribution >= 0.6 is 0 Å². The predicted molar refractivity (Wildman–Crippen MR) is 94.4 cm³/mol. The smallest absolute Gasteiger partial charge is 0.260 e. The van der Waals surface area contributed by atoms with Gasteiger partial charge >= 0.3 is 0 Å². The van der Waals surface area contributed by atoms with Gasteiger partial charge in [-0.05, 0) is 25.0 Å². The standard InChI is InChI=1S/C17H20N6O/c1-22-11-13(9-18-22)23-8-4-5-12(10-23)19-17-20-15-7-3-2-6-14(15)16(24)21-17/h2-3,6-7,9,11-12H,4-5,8,10H2,1H3,(H2,19,20,21,24). The van der Waals surface area contributed by atoms with Crippen LogP contribution in [0.4, 0.5) is 11.6 Å². The van der Waals surface area contributed by atoms with Crippen molar-refractivity contribution in [1.29, 1.82) is 0 Å². The van der Waals surface area contributed by atoms with Gasteiger partial charge < -0.3 is 10.2 Å². The third kappa shape index (κ3) is 2.84. The van der Waals surface area contributed by atoms with Gasteiger partial charge in [0.2, 0.25) is 5.95 Å². The number of rotatable bonds is 3. The molecule has 3 heterocycles. The average Bonchev–Trinajstić information content (AvgIpc) is 3.02. The lowest BCUT2D eigenvalue weighted by Crippen LogP contribution is -2.42. The maximum atomic E-state index is 12.2. The molecule has 0 bridgehead atoms. The topological polar surface area (TPSA) is 78.8 Å². The van der Waals surface area contributed by atoms with Crippen molar-refractivity contribution in [1.82, 2.24) is 19.7 Å². The number of hydrogen-bond donors (Lipinski definition) is 2. The minimum atomic E-state index is -0.108. The number of nitrogens with one attached hydrogen (secondary N) is 2. The highest BCUT2D eigenvalue weighted by atomic mass is 16.1. The normalized spacial score (nSPS) is 18.0. The molecule has 1 aromatic carbocycles. The summed E-state index contributed by atoms with van der Waals surface area (Å²) in [6, 6.07) is 7.62.